The van der Waals surface area contributed by atoms with Gasteiger partial charge in [-0.2, -0.15) is 0 Å². The van der Waals surface area contributed by atoms with Crippen LogP contribution >= 0.6 is 23.1 Å². The van der Waals surface area contributed by atoms with E-state index in [0.717, 1.165) is 6.54 Å². The van der Waals surface area contributed by atoms with Crippen LogP contribution in [-0.4, -0.2) is 6.54 Å². The summed E-state index contributed by atoms with van der Waals surface area (Å²) in [5.41, 5.74) is 1.39. The van der Waals surface area contributed by atoms with Crippen molar-refractivity contribution >= 4 is 23.1 Å². The first-order chi connectivity index (χ1) is 8.81. The lowest BCUT2D eigenvalue weighted by Crippen LogP contribution is -2.19. The summed E-state index contributed by atoms with van der Waals surface area (Å²) in [4.78, 5) is 1.36. The maximum Gasteiger partial charge on any atom is 0.0646 e. The Kier molecular flexibility index (Phi) is 5.29. The highest BCUT2D eigenvalue weighted by Gasteiger charge is 2.10. The molecule has 1 N–H and O–H groups in total. The highest BCUT2D eigenvalue weighted by Crippen LogP contribution is 2.35. The minimum atomic E-state index is 0.411. The quantitative estimate of drug-likeness (QED) is 0.801. The minimum Gasteiger partial charge on any atom is -0.310 e. The average Bonchev–Trinajstić information content (AvgIpc) is 2.89. The number of hydrogen-bond donors (Lipinski definition) is 1. The first-order valence-electron chi connectivity index (χ1n) is 6.35. The molecule has 1 unspecified atom stereocenters. The highest BCUT2D eigenvalue weighted by molar-refractivity contribution is 8.01. The van der Waals surface area contributed by atoms with E-state index >= 15 is 0 Å². The van der Waals surface area contributed by atoms with Crippen molar-refractivity contribution in [2.75, 3.05) is 6.54 Å². The molecular formula is C15H19NS2. The van der Waals surface area contributed by atoms with Gasteiger partial charge < -0.3 is 5.32 Å². The predicted molar refractivity (Wildman–Crippen MR) is 81.6 cm³/mol. The fourth-order valence-corrected chi connectivity index (χ4v) is 3.78. The highest BCUT2D eigenvalue weighted by atomic mass is 32.2. The van der Waals surface area contributed by atoms with Crippen molar-refractivity contribution in [1.29, 1.82) is 0 Å². The van der Waals surface area contributed by atoms with E-state index in [1.54, 1.807) is 11.3 Å². The molecule has 3 heteroatoms. The van der Waals surface area contributed by atoms with Crippen LogP contribution < -0.4 is 5.32 Å². The SMILES string of the molecule is CCCNC(C)c1ccccc1Sc1cccs1. The molecule has 1 nitrogen and oxygen atoms in total. The molecule has 0 saturated carbocycles. The molecule has 1 aromatic carbocycles. The minimum absolute atomic E-state index is 0.411. The van der Waals surface area contributed by atoms with Gasteiger partial charge in [0.15, 0.2) is 0 Å². The van der Waals surface area contributed by atoms with E-state index in [2.05, 4.69) is 60.9 Å². The number of hydrogen-bond acceptors (Lipinski definition) is 3. The molecule has 0 aliphatic heterocycles. The van der Waals surface area contributed by atoms with Crippen LogP contribution in [0.2, 0.25) is 0 Å². The van der Waals surface area contributed by atoms with Gasteiger partial charge in [-0.25, -0.2) is 0 Å². The van der Waals surface area contributed by atoms with Gasteiger partial charge >= 0.3 is 0 Å². The average molecular weight is 277 g/mol. The maximum absolute atomic E-state index is 3.56. The van der Waals surface area contributed by atoms with Gasteiger partial charge in [-0.1, -0.05) is 43.0 Å². The second-order valence-corrected chi connectivity index (χ2v) is 6.54. The molecule has 0 aliphatic carbocycles. The van der Waals surface area contributed by atoms with Crippen LogP contribution in [0.1, 0.15) is 31.9 Å². The summed E-state index contributed by atoms with van der Waals surface area (Å²) in [6, 6.07) is 13.4. The maximum atomic E-state index is 3.56. The summed E-state index contributed by atoms with van der Waals surface area (Å²) in [6.45, 7) is 5.51. The molecule has 18 heavy (non-hydrogen) atoms. The van der Waals surface area contributed by atoms with E-state index in [9.17, 15) is 0 Å². The smallest absolute Gasteiger partial charge is 0.0646 e. The molecule has 2 rings (SSSR count). The van der Waals surface area contributed by atoms with Crippen LogP contribution in [-0.2, 0) is 0 Å². The lowest BCUT2D eigenvalue weighted by atomic mass is 10.1. The summed E-state index contributed by atoms with van der Waals surface area (Å²) < 4.78 is 1.35. The van der Waals surface area contributed by atoms with Gasteiger partial charge in [-0.3, -0.25) is 0 Å². The standard InChI is InChI=1S/C15H19NS2/c1-3-10-16-12(2)13-7-4-5-8-14(13)18-15-9-6-11-17-15/h4-9,11-12,16H,3,10H2,1-2H3. The summed E-state index contributed by atoms with van der Waals surface area (Å²) in [7, 11) is 0. The van der Waals surface area contributed by atoms with Crippen molar-refractivity contribution in [2.45, 2.75) is 35.4 Å². The van der Waals surface area contributed by atoms with E-state index in [4.69, 9.17) is 0 Å². The van der Waals surface area contributed by atoms with Crippen LogP contribution in [0.25, 0.3) is 0 Å². The second-order valence-electron chi connectivity index (χ2n) is 4.25. The van der Waals surface area contributed by atoms with Gasteiger partial charge in [-0.05, 0) is 43.0 Å². The molecule has 0 amide bonds. The third-order valence-corrected chi connectivity index (χ3v) is 4.92. The van der Waals surface area contributed by atoms with Crippen LogP contribution in [0.5, 0.6) is 0 Å². The largest absolute Gasteiger partial charge is 0.310 e. The molecule has 0 bridgehead atoms. The van der Waals surface area contributed by atoms with Crippen LogP contribution in [0.4, 0.5) is 0 Å². The Morgan fingerprint density at radius 2 is 2.06 bits per heavy atom. The molecule has 0 radical (unpaired) electrons. The Labute approximate surface area is 118 Å². The fourth-order valence-electron chi connectivity index (χ4n) is 1.83. The topological polar surface area (TPSA) is 12.0 Å². The van der Waals surface area contributed by atoms with Crippen molar-refractivity contribution in [3.63, 3.8) is 0 Å². The van der Waals surface area contributed by atoms with Crippen LogP contribution in [0.15, 0.2) is 50.9 Å². The first-order valence-corrected chi connectivity index (χ1v) is 8.04. The Morgan fingerprint density at radius 3 is 2.78 bits per heavy atom. The summed E-state index contributed by atoms with van der Waals surface area (Å²) in [5.74, 6) is 0. The van der Waals surface area contributed by atoms with Gasteiger partial charge in [0, 0.05) is 10.9 Å². The summed E-state index contributed by atoms with van der Waals surface area (Å²) in [5, 5.41) is 5.69. The third kappa shape index (κ3) is 3.61. The van der Waals surface area contributed by atoms with Gasteiger partial charge in [-0.15, -0.1) is 11.3 Å². The molecule has 2 aromatic rings. The third-order valence-electron chi connectivity index (χ3n) is 2.79. The van der Waals surface area contributed by atoms with E-state index in [1.807, 2.05) is 11.8 Å². The molecule has 0 aliphatic rings. The number of benzene rings is 1. The van der Waals surface area contributed by atoms with Crippen molar-refractivity contribution < 1.29 is 0 Å². The zero-order chi connectivity index (χ0) is 12.8. The summed E-state index contributed by atoms with van der Waals surface area (Å²) >= 11 is 3.66. The predicted octanol–water partition coefficient (Wildman–Crippen LogP) is 4.96. The Morgan fingerprint density at radius 1 is 1.22 bits per heavy atom. The van der Waals surface area contributed by atoms with E-state index in [1.165, 1.54) is 21.1 Å². The Bertz CT molecular complexity index is 465. The van der Waals surface area contributed by atoms with E-state index < -0.39 is 0 Å². The van der Waals surface area contributed by atoms with Gasteiger partial charge in [0.25, 0.3) is 0 Å². The molecule has 0 spiro atoms. The van der Waals surface area contributed by atoms with E-state index in [-0.39, 0.29) is 0 Å². The normalized spacial score (nSPS) is 12.6. The van der Waals surface area contributed by atoms with Crippen LogP contribution in [0.3, 0.4) is 0 Å². The fraction of sp³-hybridized carbons (Fsp3) is 0.333. The Balaban J connectivity index is 2.14. The van der Waals surface area contributed by atoms with Crippen molar-refractivity contribution in [1.82, 2.24) is 5.32 Å². The second kappa shape index (κ2) is 6.98. The Hall–Kier alpha value is -0.770. The molecule has 0 saturated heterocycles. The first kappa shape index (κ1) is 13.7. The zero-order valence-corrected chi connectivity index (χ0v) is 12.5. The molecule has 0 fully saturated rings. The zero-order valence-electron chi connectivity index (χ0n) is 10.8. The monoisotopic (exact) mass is 277 g/mol. The van der Waals surface area contributed by atoms with Gasteiger partial charge in [0.1, 0.15) is 0 Å². The lowest BCUT2D eigenvalue weighted by molar-refractivity contribution is 0.564. The van der Waals surface area contributed by atoms with E-state index in [0.29, 0.717) is 6.04 Å². The van der Waals surface area contributed by atoms with Crippen LogP contribution in [0, 0.1) is 0 Å². The number of nitrogens with one attached hydrogen (secondary N) is 1. The molecule has 1 heterocycles. The number of thiophene rings is 1. The number of rotatable bonds is 6. The molecular weight excluding hydrogens is 258 g/mol. The van der Waals surface area contributed by atoms with Gasteiger partial charge in [0.2, 0.25) is 0 Å². The molecule has 1 atom stereocenters. The molecule has 96 valence electrons. The van der Waals surface area contributed by atoms with Gasteiger partial charge in [0.05, 0.1) is 4.21 Å². The van der Waals surface area contributed by atoms with Crippen molar-refractivity contribution in [3.05, 3.63) is 47.3 Å². The summed E-state index contributed by atoms with van der Waals surface area (Å²) in [6.07, 6.45) is 1.17. The lowest BCUT2D eigenvalue weighted by Gasteiger charge is -2.17. The van der Waals surface area contributed by atoms with Crippen molar-refractivity contribution in [2.24, 2.45) is 0 Å². The van der Waals surface area contributed by atoms with Crippen molar-refractivity contribution in [3.8, 4) is 0 Å². The molecule has 1 aromatic heterocycles.